The second-order valence-corrected chi connectivity index (χ2v) is 15.7. The van der Waals surface area contributed by atoms with Crippen molar-refractivity contribution in [1.82, 2.24) is 0 Å². The molecule has 4 rings (SSSR count). The summed E-state index contributed by atoms with van der Waals surface area (Å²) in [4.78, 5) is 28.4. The van der Waals surface area contributed by atoms with E-state index in [0.717, 1.165) is 33.3 Å². The van der Waals surface area contributed by atoms with Crippen molar-refractivity contribution in [2.24, 2.45) is 0 Å². The topological polar surface area (TPSA) is 74.6 Å². The molecule has 47 heavy (non-hydrogen) atoms. The first kappa shape index (κ1) is 36.9. The van der Waals surface area contributed by atoms with Crippen molar-refractivity contribution in [3.05, 3.63) is 119 Å². The van der Waals surface area contributed by atoms with Crippen LogP contribution in [0.4, 0.5) is 0 Å². The lowest BCUT2D eigenvalue weighted by molar-refractivity contribution is -0.108. The first-order valence-corrected chi connectivity index (χ1v) is 18.6. The van der Waals surface area contributed by atoms with Crippen molar-refractivity contribution in [3.8, 4) is 33.8 Å². The highest BCUT2D eigenvalue weighted by Gasteiger charge is 2.24. The quantitative estimate of drug-likeness (QED) is 0.109. The van der Waals surface area contributed by atoms with Crippen LogP contribution in [0.3, 0.4) is 0 Å². The maximum Gasteiger partial charge on any atom is 0.219 e. The minimum Gasteiger partial charge on any atom is -0.506 e. The molecule has 0 saturated carbocycles. The van der Waals surface area contributed by atoms with Crippen LogP contribution in [0, 0.1) is 0 Å². The summed E-state index contributed by atoms with van der Waals surface area (Å²) in [5, 5.41) is 26.2. The molecule has 0 aliphatic carbocycles. The van der Waals surface area contributed by atoms with E-state index in [4.69, 9.17) is 23.2 Å². The van der Waals surface area contributed by atoms with E-state index in [0.29, 0.717) is 63.0 Å². The van der Waals surface area contributed by atoms with Crippen molar-refractivity contribution in [1.29, 1.82) is 0 Å². The van der Waals surface area contributed by atoms with Crippen molar-refractivity contribution in [2.75, 3.05) is 0 Å². The first-order chi connectivity index (χ1) is 22.4. The fourth-order valence-electron chi connectivity index (χ4n) is 4.22. The van der Waals surface area contributed by atoms with Gasteiger partial charge in [0.15, 0.2) is 0 Å². The summed E-state index contributed by atoms with van der Waals surface area (Å²) in [5.74, 6) is -0.155. The molecule has 2 N–H and O–H groups in total. The number of hydrogen-bond donors (Lipinski definition) is 2. The van der Waals surface area contributed by atoms with Gasteiger partial charge >= 0.3 is 0 Å². The molecule has 0 fully saturated rings. The highest BCUT2D eigenvalue weighted by molar-refractivity contribution is 8.14. The summed E-state index contributed by atoms with van der Waals surface area (Å²) in [5.41, 5.74) is 2.79. The van der Waals surface area contributed by atoms with Gasteiger partial charge < -0.3 is 10.2 Å². The minimum atomic E-state index is -0.255. The number of carbonyl (C=O) groups is 2. The Bertz CT molecular complexity index is 1820. The smallest absolute Gasteiger partial charge is 0.219 e. The van der Waals surface area contributed by atoms with Crippen LogP contribution in [-0.4, -0.2) is 20.4 Å². The Morgan fingerprint density at radius 3 is 1.32 bits per heavy atom. The van der Waals surface area contributed by atoms with Crippen LogP contribution in [0.15, 0.2) is 138 Å². The van der Waals surface area contributed by atoms with Crippen LogP contribution in [0.2, 0.25) is 10.0 Å². The van der Waals surface area contributed by atoms with Crippen LogP contribution in [-0.2, 0) is 9.59 Å². The number of aromatic hydroxyl groups is 2. The Morgan fingerprint density at radius 1 is 0.617 bits per heavy atom. The fourth-order valence-corrected chi connectivity index (χ4v) is 8.75. The predicted octanol–water partition coefficient (Wildman–Crippen LogP) is 12.8. The third-order valence-corrected chi connectivity index (χ3v) is 12.2. The van der Waals surface area contributed by atoms with E-state index in [1.807, 2.05) is 24.3 Å². The van der Waals surface area contributed by atoms with Gasteiger partial charge in [0.1, 0.15) is 11.5 Å². The zero-order valence-corrected chi connectivity index (χ0v) is 30.9. The summed E-state index contributed by atoms with van der Waals surface area (Å²) in [6, 6.07) is 17.8. The van der Waals surface area contributed by atoms with Gasteiger partial charge in [0.25, 0.3) is 0 Å². The van der Waals surface area contributed by atoms with Crippen molar-refractivity contribution >= 4 is 92.2 Å². The molecular formula is C36H28Cl2O4S5. The van der Waals surface area contributed by atoms with Gasteiger partial charge in [-0.15, -0.1) is 0 Å². The molecule has 0 aliphatic rings. The fraction of sp³-hybridized carbons (Fsp3) is 0.0556. The maximum absolute atomic E-state index is 12.4. The van der Waals surface area contributed by atoms with Crippen LogP contribution >= 0.6 is 82.0 Å². The van der Waals surface area contributed by atoms with Gasteiger partial charge in [0.05, 0.1) is 19.8 Å². The zero-order valence-electron chi connectivity index (χ0n) is 25.3. The number of carbonyl (C=O) groups excluding carboxylic acids is 2. The van der Waals surface area contributed by atoms with Crippen molar-refractivity contribution < 1.29 is 19.8 Å². The molecule has 0 bridgehead atoms. The van der Waals surface area contributed by atoms with Gasteiger partial charge in [-0.2, -0.15) is 0 Å². The summed E-state index contributed by atoms with van der Waals surface area (Å²) in [6.07, 6.45) is 0. The normalized spacial score (nSPS) is 10.8. The number of para-hydroxylation sites is 2. The Labute approximate surface area is 305 Å². The number of hydrogen-bond acceptors (Lipinski definition) is 9. The van der Waals surface area contributed by atoms with E-state index in [2.05, 4.69) is 26.3 Å². The standard InChI is InChI=1S/C36H28Cl2O4S5/c1-7-43-23-15-17-25(31(37)29(23)21-11-9-13-27(33(21)39)46-35(41)19(3)4)45-26-18-16-24(44-8-2)30(32(26)38)22-12-10-14-28(34(22)40)47-36(42)20(5)6/h7-18,39-40H,1-3,5H2,4,6H3. The largest absolute Gasteiger partial charge is 0.506 e. The molecular weight excluding hydrogens is 728 g/mol. The molecule has 4 aromatic carbocycles. The molecule has 240 valence electrons. The Hall–Kier alpha value is -2.89. The van der Waals surface area contributed by atoms with Crippen LogP contribution in [0.1, 0.15) is 13.8 Å². The summed E-state index contributed by atoms with van der Waals surface area (Å²) < 4.78 is 0. The highest BCUT2D eigenvalue weighted by Crippen LogP contribution is 2.52. The SMILES string of the molecule is C=CSc1ccc(Sc2ccc(SC=C)c(-c3cccc(SC(=O)C(=C)C)c3O)c2Cl)c(Cl)c1-c1cccc(SC(=O)C(=C)C)c1O. The number of rotatable bonds is 12. The number of phenols is 2. The number of phenolic OH excluding ortho intramolecular Hbond substituents is 2. The van der Waals surface area contributed by atoms with Crippen molar-refractivity contribution in [2.45, 2.75) is 43.2 Å². The van der Waals surface area contributed by atoms with Gasteiger partial charge in [-0.05, 0) is 95.7 Å². The molecule has 0 unspecified atom stereocenters. The molecule has 4 aromatic rings. The average Bonchev–Trinajstić information content (AvgIpc) is 3.02. The molecule has 0 aromatic heterocycles. The number of thioether (sulfide) groups is 4. The summed E-state index contributed by atoms with van der Waals surface area (Å²) >= 11 is 20.1. The molecule has 0 spiro atoms. The maximum atomic E-state index is 12.4. The first-order valence-electron chi connectivity index (χ1n) is 13.7. The van der Waals surface area contributed by atoms with E-state index in [-0.39, 0.29) is 21.7 Å². The number of benzene rings is 4. The van der Waals surface area contributed by atoms with E-state index in [9.17, 15) is 19.8 Å². The molecule has 0 heterocycles. The number of halogens is 2. The van der Waals surface area contributed by atoms with Gasteiger partial charge in [0.2, 0.25) is 10.2 Å². The molecule has 0 saturated heterocycles. The Kier molecular flexibility index (Phi) is 13.0. The van der Waals surface area contributed by atoms with E-state index >= 15 is 0 Å². The van der Waals surface area contributed by atoms with E-state index in [1.54, 1.807) is 61.1 Å². The lowest BCUT2D eigenvalue weighted by Gasteiger charge is -2.18. The molecule has 4 nitrogen and oxygen atoms in total. The minimum absolute atomic E-state index is 0.0773. The monoisotopic (exact) mass is 754 g/mol. The molecule has 0 atom stereocenters. The molecule has 0 amide bonds. The third-order valence-electron chi connectivity index (χ3n) is 6.42. The van der Waals surface area contributed by atoms with Gasteiger partial charge in [-0.25, -0.2) is 0 Å². The van der Waals surface area contributed by atoms with Crippen LogP contribution < -0.4 is 0 Å². The lowest BCUT2D eigenvalue weighted by Crippen LogP contribution is -1.94. The zero-order chi connectivity index (χ0) is 34.4. The van der Waals surface area contributed by atoms with Gasteiger partial charge in [-0.3, -0.25) is 9.59 Å². The van der Waals surface area contributed by atoms with E-state index in [1.165, 1.54) is 35.3 Å². The Morgan fingerprint density at radius 2 is 0.979 bits per heavy atom. The molecule has 0 radical (unpaired) electrons. The Balaban J connectivity index is 1.85. The highest BCUT2D eigenvalue weighted by atomic mass is 35.5. The van der Waals surface area contributed by atoms with Gasteiger partial charge in [0, 0.05) is 41.8 Å². The van der Waals surface area contributed by atoms with Gasteiger partial charge in [-0.1, -0.05) is 109 Å². The third kappa shape index (κ3) is 8.40. The van der Waals surface area contributed by atoms with Crippen LogP contribution in [0.25, 0.3) is 22.3 Å². The second-order valence-electron chi connectivity index (χ2n) is 9.82. The summed E-state index contributed by atoms with van der Waals surface area (Å²) in [6.45, 7) is 18.3. The van der Waals surface area contributed by atoms with Crippen molar-refractivity contribution in [3.63, 3.8) is 0 Å². The van der Waals surface area contributed by atoms with Crippen LogP contribution in [0.5, 0.6) is 11.5 Å². The van der Waals surface area contributed by atoms with E-state index < -0.39 is 0 Å². The summed E-state index contributed by atoms with van der Waals surface area (Å²) in [7, 11) is 0. The lowest BCUT2D eigenvalue weighted by atomic mass is 10.0. The predicted molar refractivity (Wildman–Crippen MR) is 205 cm³/mol. The molecule has 11 heteroatoms. The average molecular weight is 756 g/mol. The second kappa shape index (κ2) is 16.5. The molecule has 0 aliphatic heterocycles.